The van der Waals surface area contributed by atoms with Gasteiger partial charge in [-0.15, -0.1) is 0 Å². The second-order valence-electron chi connectivity index (χ2n) is 8.56. The topological polar surface area (TPSA) is 103 Å². The Hall–Kier alpha value is -3.07. The third kappa shape index (κ3) is 6.95. The second kappa shape index (κ2) is 10.7. The molecule has 1 aliphatic heterocycles. The number of nitrogens with zero attached hydrogens (tertiary/aromatic N) is 3. The molecule has 3 rings (SSSR count). The monoisotopic (exact) mass is 476 g/mol. The lowest BCUT2D eigenvalue weighted by molar-refractivity contribution is 0.0234. The summed E-state index contributed by atoms with van der Waals surface area (Å²) in [5, 5.41) is 3.30. The molecular formula is C23H29ClN4O5. The van der Waals surface area contributed by atoms with Crippen molar-refractivity contribution in [2.45, 2.75) is 52.2 Å². The van der Waals surface area contributed by atoms with Crippen LogP contribution in [-0.4, -0.2) is 58.3 Å². The Morgan fingerprint density at radius 3 is 2.64 bits per heavy atom. The van der Waals surface area contributed by atoms with Gasteiger partial charge in [-0.25, -0.2) is 14.6 Å². The molecule has 1 N–H and O–H groups in total. The fraction of sp³-hybridized carbons (Fsp3) is 0.478. The first-order chi connectivity index (χ1) is 15.7. The van der Waals surface area contributed by atoms with Gasteiger partial charge in [0.25, 0.3) is 0 Å². The molecule has 33 heavy (non-hydrogen) atoms. The zero-order valence-corrected chi connectivity index (χ0v) is 20.0. The third-order valence-corrected chi connectivity index (χ3v) is 5.02. The van der Waals surface area contributed by atoms with Gasteiger partial charge in [-0.05, 0) is 76.4 Å². The molecule has 1 aromatic carbocycles. The Morgan fingerprint density at radius 1 is 1.24 bits per heavy atom. The lowest BCUT2D eigenvalue weighted by atomic mass is 10.2. The van der Waals surface area contributed by atoms with Gasteiger partial charge in [0, 0.05) is 13.1 Å². The molecule has 9 nitrogen and oxygen atoms in total. The molecule has 0 spiro atoms. The van der Waals surface area contributed by atoms with E-state index in [2.05, 4.69) is 15.3 Å². The van der Waals surface area contributed by atoms with Crippen LogP contribution < -0.4 is 10.1 Å². The minimum Gasteiger partial charge on any atom is -0.462 e. The van der Waals surface area contributed by atoms with Gasteiger partial charge in [0.1, 0.15) is 17.0 Å². The summed E-state index contributed by atoms with van der Waals surface area (Å²) in [5.74, 6) is 0.306. The van der Waals surface area contributed by atoms with Crippen LogP contribution in [0.15, 0.2) is 30.5 Å². The summed E-state index contributed by atoms with van der Waals surface area (Å²) in [6.45, 7) is 8.72. The van der Waals surface area contributed by atoms with Crippen molar-refractivity contribution in [2.24, 2.45) is 0 Å². The normalized spacial score (nSPS) is 15.8. The van der Waals surface area contributed by atoms with E-state index >= 15 is 0 Å². The summed E-state index contributed by atoms with van der Waals surface area (Å²) in [4.78, 5) is 34.3. The van der Waals surface area contributed by atoms with E-state index in [1.165, 1.54) is 6.20 Å². The van der Waals surface area contributed by atoms with E-state index in [0.29, 0.717) is 36.7 Å². The Morgan fingerprint density at radius 2 is 1.97 bits per heavy atom. The van der Waals surface area contributed by atoms with Gasteiger partial charge < -0.3 is 24.4 Å². The highest BCUT2D eigenvalue weighted by Crippen LogP contribution is 2.29. The van der Waals surface area contributed by atoms with Crippen molar-refractivity contribution in [1.29, 1.82) is 0 Å². The van der Waals surface area contributed by atoms with E-state index in [9.17, 15) is 9.59 Å². The second-order valence-corrected chi connectivity index (χ2v) is 8.89. The first kappa shape index (κ1) is 24.6. The van der Waals surface area contributed by atoms with Crippen LogP contribution in [-0.2, 0) is 9.47 Å². The highest BCUT2D eigenvalue weighted by molar-refractivity contribution is 6.28. The van der Waals surface area contributed by atoms with Crippen molar-refractivity contribution in [3.05, 3.63) is 41.3 Å². The maximum Gasteiger partial charge on any atom is 0.410 e. The molecular weight excluding hydrogens is 448 g/mol. The molecule has 0 aliphatic carbocycles. The minimum atomic E-state index is -0.550. The average molecular weight is 477 g/mol. The van der Waals surface area contributed by atoms with E-state index < -0.39 is 11.6 Å². The van der Waals surface area contributed by atoms with E-state index in [0.717, 1.165) is 12.8 Å². The van der Waals surface area contributed by atoms with Crippen molar-refractivity contribution >= 4 is 29.4 Å². The summed E-state index contributed by atoms with van der Waals surface area (Å²) < 4.78 is 16.4. The van der Waals surface area contributed by atoms with Gasteiger partial charge in [-0.3, -0.25) is 0 Å². The predicted molar refractivity (Wildman–Crippen MR) is 124 cm³/mol. The van der Waals surface area contributed by atoms with E-state index in [4.69, 9.17) is 25.8 Å². The van der Waals surface area contributed by atoms with Crippen molar-refractivity contribution in [3.8, 4) is 11.6 Å². The van der Waals surface area contributed by atoms with Crippen LogP contribution in [0.4, 0.5) is 10.5 Å². The number of carbonyl (C=O) groups excluding carboxylic acids is 2. The number of ether oxygens (including phenoxy) is 3. The summed E-state index contributed by atoms with van der Waals surface area (Å²) >= 11 is 5.98. The lowest BCUT2D eigenvalue weighted by Crippen LogP contribution is -2.42. The van der Waals surface area contributed by atoms with Gasteiger partial charge >= 0.3 is 12.1 Å². The molecule has 0 bridgehead atoms. The molecule has 1 aromatic heterocycles. The highest BCUT2D eigenvalue weighted by Gasteiger charge is 2.32. The van der Waals surface area contributed by atoms with Gasteiger partial charge in [0.2, 0.25) is 11.2 Å². The number of hydrogen-bond donors (Lipinski definition) is 1. The lowest BCUT2D eigenvalue weighted by Gasteiger charge is -2.29. The standard InChI is InChI=1S/C23H29ClN4O5/c1-5-31-20(29)15-8-10-17(11-9-15)32-19-18(14-26-21(24)27-19)25-13-16-7-6-12-28(16)22(30)33-23(2,3)4/h8-11,14,16,25H,5-7,12-13H2,1-4H3/t16-/m0/s1. The predicted octanol–water partition coefficient (Wildman–Crippen LogP) is 4.91. The number of carbonyl (C=O) groups is 2. The molecule has 0 radical (unpaired) electrons. The van der Waals surface area contributed by atoms with E-state index in [-0.39, 0.29) is 23.3 Å². The van der Waals surface area contributed by atoms with Crippen molar-refractivity contribution in [2.75, 3.05) is 25.0 Å². The highest BCUT2D eigenvalue weighted by atomic mass is 35.5. The number of benzene rings is 1. The number of aromatic nitrogens is 2. The van der Waals surface area contributed by atoms with Crippen LogP contribution in [0.25, 0.3) is 0 Å². The molecule has 2 aromatic rings. The van der Waals surface area contributed by atoms with Crippen LogP contribution in [0.5, 0.6) is 11.6 Å². The number of amides is 1. The number of esters is 1. The van der Waals surface area contributed by atoms with Gasteiger partial charge in [-0.1, -0.05) is 0 Å². The van der Waals surface area contributed by atoms with Gasteiger partial charge in [0.05, 0.1) is 24.4 Å². The summed E-state index contributed by atoms with van der Waals surface area (Å²) in [7, 11) is 0. The number of halogens is 1. The summed E-state index contributed by atoms with van der Waals surface area (Å²) in [5.41, 5.74) is 0.405. The number of nitrogens with one attached hydrogen (secondary N) is 1. The average Bonchev–Trinajstić information content (AvgIpc) is 3.21. The third-order valence-electron chi connectivity index (χ3n) is 4.84. The summed E-state index contributed by atoms with van der Waals surface area (Å²) in [6, 6.07) is 6.48. The van der Waals surface area contributed by atoms with Gasteiger partial charge in [0.15, 0.2) is 0 Å². The molecule has 0 unspecified atom stereocenters. The Kier molecular flexibility index (Phi) is 7.97. The van der Waals surface area contributed by atoms with Crippen LogP contribution in [0, 0.1) is 0 Å². The van der Waals surface area contributed by atoms with E-state index in [1.54, 1.807) is 36.1 Å². The Bertz CT molecular complexity index is 978. The van der Waals surface area contributed by atoms with E-state index in [1.807, 2.05) is 20.8 Å². The Balaban J connectivity index is 1.67. The minimum absolute atomic E-state index is 0.0350. The first-order valence-corrected chi connectivity index (χ1v) is 11.2. The van der Waals surface area contributed by atoms with Crippen LogP contribution in [0.2, 0.25) is 5.28 Å². The molecule has 10 heteroatoms. The fourth-order valence-corrected chi connectivity index (χ4v) is 3.49. The molecule has 2 heterocycles. The molecule has 1 atom stereocenters. The first-order valence-electron chi connectivity index (χ1n) is 10.9. The number of hydrogen-bond acceptors (Lipinski definition) is 8. The number of likely N-dealkylation sites (tertiary alicyclic amines) is 1. The smallest absolute Gasteiger partial charge is 0.410 e. The van der Waals surface area contributed by atoms with Gasteiger partial charge in [-0.2, -0.15) is 4.98 Å². The zero-order chi connectivity index (χ0) is 24.0. The van der Waals surface area contributed by atoms with Crippen LogP contribution in [0.3, 0.4) is 0 Å². The van der Waals surface area contributed by atoms with Crippen molar-refractivity contribution in [1.82, 2.24) is 14.9 Å². The molecule has 1 fully saturated rings. The quantitative estimate of drug-likeness (QED) is 0.444. The maximum absolute atomic E-state index is 12.5. The van der Waals surface area contributed by atoms with Crippen molar-refractivity contribution in [3.63, 3.8) is 0 Å². The van der Waals surface area contributed by atoms with Crippen molar-refractivity contribution < 1.29 is 23.8 Å². The zero-order valence-electron chi connectivity index (χ0n) is 19.3. The largest absolute Gasteiger partial charge is 0.462 e. The molecule has 1 aliphatic rings. The summed E-state index contributed by atoms with van der Waals surface area (Å²) in [6.07, 6.45) is 2.97. The Labute approximate surface area is 198 Å². The van der Waals surface area contributed by atoms with Crippen LogP contribution in [0.1, 0.15) is 50.9 Å². The molecule has 178 valence electrons. The molecule has 1 amide bonds. The molecule has 1 saturated heterocycles. The maximum atomic E-state index is 12.5. The SMILES string of the molecule is CCOC(=O)c1ccc(Oc2nc(Cl)ncc2NC[C@@H]2CCCN2C(=O)OC(C)(C)C)cc1. The van der Waals surface area contributed by atoms with Crippen LogP contribution >= 0.6 is 11.6 Å². The number of anilines is 1. The fourth-order valence-electron chi connectivity index (χ4n) is 3.37. The number of rotatable bonds is 7. The molecule has 0 saturated carbocycles.